The van der Waals surface area contributed by atoms with E-state index in [0.717, 1.165) is 26.5 Å². The van der Waals surface area contributed by atoms with Gasteiger partial charge in [0, 0.05) is 27.1 Å². The first kappa shape index (κ1) is 13.9. The van der Waals surface area contributed by atoms with Gasteiger partial charge in [-0.25, -0.2) is 0 Å². The van der Waals surface area contributed by atoms with E-state index >= 15 is 0 Å². The summed E-state index contributed by atoms with van der Waals surface area (Å²) in [4.78, 5) is 3.27. The Kier molecular flexibility index (Phi) is 3.14. The molecule has 2 aromatic carbocycles. The van der Waals surface area contributed by atoms with E-state index < -0.39 is 0 Å². The molecule has 1 unspecified atom stereocenters. The summed E-state index contributed by atoms with van der Waals surface area (Å²) in [5, 5.41) is 10.7. The molecule has 1 aromatic heterocycles. The van der Waals surface area contributed by atoms with Crippen LogP contribution in [0.3, 0.4) is 0 Å². The van der Waals surface area contributed by atoms with E-state index in [1.807, 2.05) is 48.7 Å². The number of allylic oxidation sites excluding steroid dienone is 1. The second-order valence-electron chi connectivity index (χ2n) is 5.40. The maximum absolute atomic E-state index is 9.60. The molecule has 0 saturated carbocycles. The Labute approximate surface area is 141 Å². The first-order chi connectivity index (χ1) is 11.2. The number of hydrogen-bond acceptors (Lipinski definition) is 3. The van der Waals surface area contributed by atoms with Crippen molar-refractivity contribution in [3.63, 3.8) is 0 Å². The summed E-state index contributed by atoms with van der Waals surface area (Å²) in [6, 6.07) is 15.9. The normalized spacial score (nSPS) is 16.8. The summed E-state index contributed by atoms with van der Waals surface area (Å²) in [6.07, 6.45) is 1.94. The topological polar surface area (TPSA) is 74.8 Å². The minimum atomic E-state index is -0.243. The lowest BCUT2D eigenvalue weighted by atomic mass is 9.83. The van der Waals surface area contributed by atoms with Crippen molar-refractivity contribution >= 4 is 26.8 Å². The van der Waals surface area contributed by atoms with Crippen LogP contribution in [-0.4, -0.2) is 4.98 Å². The largest absolute Gasteiger partial charge is 0.440 e. The van der Waals surface area contributed by atoms with Crippen LogP contribution in [0.2, 0.25) is 0 Å². The van der Waals surface area contributed by atoms with Crippen molar-refractivity contribution in [2.24, 2.45) is 5.73 Å². The van der Waals surface area contributed by atoms with Gasteiger partial charge in [-0.3, -0.25) is 0 Å². The second-order valence-corrected chi connectivity index (χ2v) is 6.31. The number of para-hydroxylation sites is 1. The summed E-state index contributed by atoms with van der Waals surface area (Å²) in [7, 11) is 0. The number of H-pyrrole nitrogens is 1. The lowest BCUT2D eigenvalue weighted by molar-refractivity contribution is 0.394. The average molecular weight is 366 g/mol. The molecular weight excluding hydrogens is 354 g/mol. The van der Waals surface area contributed by atoms with Crippen LogP contribution < -0.4 is 10.5 Å². The van der Waals surface area contributed by atoms with Crippen LogP contribution in [0.25, 0.3) is 10.9 Å². The monoisotopic (exact) mass is 365 g/mol. The van der Waals surface area contributed by atoms with Crippen molar-refractivity contribution in [1.82, 2.24) is 4.98 Å². The second kappa shape index (κ2) is 5.18. The van der Waals surface area contributed by atoms with Crippen LogP contribution in [0, 0.1) is 11.3 Å². The molecule has 0 spiro atoms. The molecule has 2 heterocycles. The van der Waals surface area contributed by atoms with E-state index in [1.54, 1.807) is 0 Å². The molecule has 0 radical (unpaired) electrons. The molecule has 4 rings (SSSR count). The zero-order valence-electron chi connectivity index (χ0n) is 12.0. The van der Waals surface area contributed by atoms with E-state index in [1.165, 1.54) is 0 Å². The number of halogens is 1. The molecular formula is C18H12BrN3O. The van der Waals surface area contributed by atoms with E-state index in [2.05, 4.69) is 27.0 Å². The van der Waals surface area contributed by atoms with Gasteiger partial charge >= 0.3 is 0 Å². The van der Waals surface area contributed by atoms with Gasteiger partial charge in [-0.1, -0.05) is 34.1 Å². The lowest BCUT2D eigenvalue weighted by Crippen LogP contribution is -2.20. The quantitative estimate of drug-likeness (QED) is 0.680. The maximum atomic E-state index is 9.60. The average Bonchev–Trinajstić information content (AvgIpc) is 2.96. The summed E-state index contributed by atoms with van der Waals surface area (Å²) in [5.41, 5.74) is 9.40. The Balaban J connectivity index is 2.02. The molecule has 0 aliphatic carbocycles. The van der Waals surface area contributed by atoms with Gasteiger partial charge in [0.1, 0.15) is 17.4 Å². The van der Waals surface area contributed by atoms with Gasteiger partial charge < -0.3 is 15.5 Å². The Bertz CT molecular complexity index is 997. The molecule has 0 amide bonds. The number of benzene rings is 2. The predicted molar refractivity (Wildman–Crippen MR) is 91.7 cm³/mol. The zero-order valence-corrected chi connectivity index (χ0v) is 13.6. The summed E-state index contributed by atoms with van der Waals surface area (Å²) < 4.78 is 6.60. The highest BCUT2D eigenvalue weighted by molar-refractivity contribution is 9.10. The number of aromatic nitrogens is 1. The number of hydrogen-bond donors (Lipinski definition) is 2. The van der Waals surface area contributed by atoms with Crippen LogP contribution in [0.15, 0.2) is 64.6 Å². The van der Waals surface area contributed by atoms with Crippen LogP contribution in [0.5, 0.6) is 5.75 Å². The number of nitrogens with two attached hydrogens (primary N) is 1. The van der Waals surface area contributed by atoms with Gasteiger partial charge in [0.25, 0.3) is 0 Å². The van der Waals surface area contributed by atoms with Crippen molar-refractivity contribution < 1.29 is 4.74 Å². The number of nitrogens with one attached hydrogen (secondary N) is 1. The van der Waals surface area contributed by atoms with Gasteiger partial charge in [-0.2, -0.15) is 5.26 Å². The van der Waals surface area contributed by atoms with Gasteiger partial charge in [-0.05, 0) is 29.8 Å². The molecule has 5 heteroatoms. The van der Waals surface area contributed by atoms with Crippen LogP contribution in [0.4, 0.5) is 0 Å². The summed E-state index contributed by atoms with van der Waals surface area (Å²) in [5.74, 6) is 0.617. The third-order valence-electron chi connectivity index (χ3n) is 4.11. The molecule has 3 aromatic rings. The molecule has 1 aliphatic heterocycles. The van der Waals surface area contributed by atoms with E-state index in [4.69, 9.17) is 10.5 Å². The maximum Gasteiger partial charge on any atom is 0.205 e. The van der Waals surface area contributed by atoms with E-state index in [9.17, 15) is 5.26 Å². The molecule has 1 atom stereocenters. The zero-order chi connectivity index (χ0) is 16.0. The first-order valence-corrected chi connectivity index (χ1v) is 7.91. The predicted octanol–water partition coefficient (Wildman–Crippen LogP) is 4.15. The Hall–Kier alpha value is -2.71. The van der Waals surface area contributed by atoms with Crippen LogP contribution >= 0.6 is 15.9 Å². The smallest absolute Gasteiger partial charge is 0.205 e. The Morgan fingerprint density at radius 1 is 1.17 bits per heavy atom. The highest BCUT2D eigenvalue weighted by Gasteiger charge is 2.31. The fourth-order valence-electron chi connectivity index (χ4n) is 3.08. The van der Waals surface area contributed by atoms with E-state index in [0.29, 0.717) is 11.3 Å². The molecule has 1 aliphatic rings. The highest BCUT2D eigenvalue weighted by atomic mass is 79.9. The third kappa shape index (κ3) is 2.11. The Morgan fingerprint density at radius 2 is 2.00 bits per heavy atom. The number of ether oxygens (including phenoxy) is 1. The standard InChI is InChI=1S/C18H12BrN3O/c19-10-5-6-15-12(7-10)14(9-22-15)17-11-3-1-2-4-16(11)23-18(21)13(17)8-20/h1-7,9,17,22H,21H2. The van der Waals surface area contributed by atoms with Crippen LogP contribution in [-0.2, 0) is 0 Å². The van der Waals surface area contributed by atoms with E-state index in [-0.39, 0.29) is 11.8 Å². The van der Waals surface area contributed by atoms with Gasteiger partial charge in [-0.15, -0.1) is 0 Å². The molecule has 0 bridgehead atoms. The minimum Gasteiger partial charge on any atom is -0.440 e. The lowest BCUT2D eigenvalue weighted by Gasteiger charge is -2.25. The summed E-state index contributed by atoms with van der Waals surface area (Å²) >= 11 is 3.51. The Morgan fingerprint density at radius 3 is 2.83 bits per heavy atom. The van der Waals surface area contributed by atoms with Crippen molar-refractivity contribution in [3.05, 3.63) is 75.7 Å². The third-order valence-corrected chi connectivity index (χ3v) is 4.60. The number of nitriles is 1. The molecule has 112 valence electrons. The summed E-state index contributed by atoms with van der Waals surface area (Å²) in [6.45, 7) is 0. The molecule has 3 N–H and O–H groups in total. The number of nitrogens with zero attached hydrogens (tertiary/aromatic N) is 1. The highest BCUT2D eigenvalue weighted by Crippen LogP contribution is 2.44. The van der Waals surface area contributed by atoms with Gasteiger partial charge in [0.05, 0.1) is 5.92 Å². The van der Waals surface area contributed by atoms with Gasteiger partial charge in [0.15, 0.2) is 0 Å². The van der Waals surface area contributed by atoms with Crippen molar-refractivity contribution in [2.45, 2.75) is 5.92 Å². The molecule has 0 fully saturated rings. The molecule has 0 saturated heterocycles. The number of rotatable bonds is 1. The minimum absolute atomic E-state index is 0.167. The SMILES string of the molecule is N#CC1=C(N)Oc2ccccc2C1c1c[nH]c2ccc(Br)cc12. The number of fused-ring (bicyclic) bond motifs is 2. The molecule has 4 nitrogen and oxygen atoms in total. The van der Waals surface area contributed by atoms with Crippen LogP contribution in [0.1, 0.15) is 17.0 Å². The fourth-order valence-corrected chi connectivity index (χ4v) is 3.44. The van der Waals surface area contributed by atoms with Crippen molar-refractivity contribution in [3.8, 4) is 11.8 Å². The number of aromatic amines is 1. The fraction of sp³-hybridized carbons (Fsp3) is 0.0556. The first-order valence-electron chi connectivity index (χ1n) is 7.12. The van der Waals surface area contributed by atoms with Crippen molar-refractivity contribution in [2.75, 3.05) is 0 Å². The molecule has 23 heavy (non-hydrogen) atoms. The van der Waals surface area contributed by atoms with Crippen molar-refractivity contribution in [1.29, 1.82) is 5.26 Å². The van der Waals surface area contributed by atoms with Gasteiger partial charge in [0.2, 0.25) is 5.88 Å².